The molecule has 0 amide bonds. The molecule has 0 radical (unpaired) electrons. The topological polar surface area (TPSA) is 63.4 Å². The van der Waals surface area contributed by atoms with Gasteiger partial charge < -0.3 is 10.6 Å². The molecular formula is C18H22N2O2. The minimum Gasteiger partial charge on any atom is -0.394 e. The zero-order valence-corrected chi connectivity index (χ0v) is 13.2. The van der Waals surface area contributed by atoms with Gasteiger partial charge in [-0.1, -0.05) is 26.0 Å². The average Bonchev–Trinajstić information content (AvgIpc) is 2.69. The third kappa shape index (κ3) is 2.43. The van der Waals surface area contributed by atoms with E-state index in [0.29, 0.717) is 11.6 Å². The number of anilines is 3. The van der Waals surface area contributed by atoms with Crippen LogP contribution in [0.15, 0.2) is 27.8 Å². The molecule has 1 aliphatic heterocycles. The predicted octanol–water partition coefficient (Wildman–Crippen LogP) is 2.54. The monoisotopic (exact) mass is 298 g/mol. The Kier molecular flexibility index (Phi) is 3.77. The van der Waals surface area contributed by atoms with Crippen LogP contribution >= 0.6 is 0 Å². The molecule has 2 aromatic carbocycles. The molecule has 3 rings (SSSR count). The van der Waals surface area contributed by atoms with Crippen molar-refractivity contribution < 1.29 is 0 Å². The first-order valence-electron chi connectivity index (χ1n) is 7.97. The van der Waals surface area contributed by atoms with Crippen molar-refractivity contribution in [1.82, 2.24) is 0 Å². The third-order valence-electron chi connectivity index (χ3n) is 4.35. The second-order valence-corrected chi connectivity index (χ2v) is 6.59. The van der Waals surface area contributed by atoms with Crippen molar-refractivity contribution in [3.05, 3.63) is 49.8 Å². The molecule has 2 aromatic rings. The lowest BCUT2D eigenvalue weighted by atomic mass is 9.98. The lowest BCUT2D eigenvalue weighted by Crippen LogP contribution is -2.41. The number of benzene rings is 1. The summed E-state index contributed by atoms with van der Waals surface area (Å²) in [6, 6.07) is 6.50. The van der Waals surface area contributed by atoms with Crippen LogP contribution in [0.5, 0.6) is 0 Å². The van der Waals surface area contributed by atoms with E-state index in [0.717, 1.165) is 37.9 Å². The third-order valence-corrected chi connectivity index (χ3v) is 4.35. The van der Waals surface area contributed by atoms with E-state index in [4.69, 9.17) is 5.73 Å². The Balaban J connectivity index is 2.07. The summed E-state index contributed by atoms with van der Waals surface area (Å²) in [5.41, 5.74) is 8.86. The molecule has 116 valence electrons. The molecule has 0 unspecified atom stereocenters. The Morgan fingerprint density at radius 3 is 2.64 bits per heavy atom. The molecular weight excluding hydrogens is 276 g/mol. The molecule has 2 N–H and O–H groups in total. The zero-order valence-electron chi connectivity index (χ0n) is 13.2. The Bertz CT molecular complexity index is 770. The summed E-state index contributed by atoms with van der Waals surface area (Å²) in [7, 11) is 0. The van der Waals surface area contributed by atoms with Gasteiger partial charge in [0.15, 0.2) is 0 Å². The summed E-state index contributed by atoms with van der Waals surface area (Å²) in [5.74, 6) is 0.577. The SMILES string of the molecule is CC(C)Cc1ccc2c(c1)N(c1c(N)c(=O)c1=O)CCCC2. The average molecular weight is 298 g/mol. The first-order valence-corrected chi connectivity index (χ1v) is 7.97. The van der Waals surface area contributed by atoms with Crippen LogP contribution in [0.3, 0.4) is 0 Å². The predicted molar refractivity (Wildman–Crippen MR) is 90.7 cm³/mol. The Morgan fingerprint density at radius 1 is 1.18 bits per heavy atom. The standard InChI is InChI=1S/C18H22N2O2/c1-11(2)9-12-6-7-13-5-3-4-8-20(14(13)10-12)16-15(19)17(21)18(16)22/h6-7,10-11H,3-5,8-9,19H2,1-2H3. The molecule has 0 aromatic heterocycles. The van der Waals surface area contributed by atoms with Gasteiger partial charge in [0, 0.05) is 12.2 Å². The first kappa shape index (κ1) is 14.8. The van der Waals surface area contributed by atoms with Gasteiger partial charge in [-0.15, -0.1) is 0 Å². The molecule has 0 saturated heterocycles. The van der Waals surface area contributed by atoms with Crippen LogP contribution in [-0.2, 0) is 12.8 Å². The van der Waals surface area contributed by atoms with Gasteiger partial charge in [0.05, 0.1) is 0 Å². The highest BCUT2D eigenvalue weighted by atomic mass is 16.2. The molecule has 1 aliphatic rings. The van der Waals surface area contributed by atoms with Crippen molar-refractivity contribution in [2.24, 2.45) is 5.92 Å². The number of rotatable bonds is 3. The maximum atomic E-state index is 11.9. The maximum absolute atomic E-state index is 11.9. The number of aryl methyl sites for hydroxylation is 1. The maximum Gasteiger partial charge on any atom is 0.253 e. The van der Waals surface area contributed by atoms with Gasteiger partial charge in [0.1, 0.15) is 11.4 Å². The van der Waals surface area contributed by atoms with Crippen LogP contribution in [-0.4, -0.2) is 6.54 Å². The van der Waals surface area contributed by atoms with Crippen LogP contribution in [0.1, 0.15) is 37.8 Å². The van der Waals surface area contributed by atoms with Gasteiger partial charge in [-0.05, 0) is 48.8 Å². The van der Waals surface area contributed by atoms with Crippen LogP contribution in [0, 0.1) is 5.92 Å². The van der Waals surface area contributed by atoms with Crippen molar-refractivity contribution >= 4 is 17.1 Å². The van der Waals surface area contributed by atoms with Gasteiger partial charge in [0.2, 0.25) is 0 Å². The van der Waals surface area contributed by atoms with Crippen LogP contribution in [0.2, 0.25) is 0 Å². The van der Waals surface area contributed by atoms with Crippen LogP contribution in [0.4, 0.5) is 17.1 Å². The van der Waals surface area contributed by atoms with Crippen LogP contribution in [0.25, 0.3) is 0 Å². The lowest BCUT2D eigenvalue weighted by molar-refractivity contribution is 0.647. The molecule has 1 heterocycles. The lowest BCUT2D eigenvalue weighted by Gasteiger charge is -2.27. The van der Waals surface area contributed by atoms with E-state index < -0.39 is 10.9 Å². The van der Waals surface area contributed by atoms with Gasteiger partial charge in [-0.2, -0.15) is 0 Å². The number of hydrogen-bond donors (Lipinski definition) is 1. The van der Waals surface area contributed by atoms with Crippen molar-refractivity contribution in [1.29, 1.82) is 0 Å². The highest BCUT2D eigenvalue weighted by Gasteiger charge is 2.27. The molecule has 0 fully saturated rings. The Morgan fingerprint density at radius 2 is 1.95 bits per heavy atom. The van der Waals surface area contributed by atoms with Gasteiger partial charge in [-0.25, -0.2) is 0 Å². The second kappa shape index (κ2) is 5.59. The highest BCUT2D eigenvalue weighted by Crippen LogP contribution is 2.34. The Hall–Kier alpha value is -2.10. The minimum atomic E-state index is -0.542. The van der Waals surface area contributed by atoms with Crippen LogP contribution < -0.4 is 21.5 Å². The second-order valence-electron chi connectivity index (χ2n) is 6.59. The molecule has 4 heteroatoms. The molecule has 22 heavy (non-hydrogen) atoms. The van der Waals surface area contributed by atoms with E-state index in [1.807, 2.05) is 4.90 Å². The fourth-order valence-corrected chi connectivity index (χ4v) is 3.27. The summed E-state index contributed by atoms with van der Waals surface area (Å²) in [6.45, 7) is 5.13. The Labute approximate surface area is 130 Å². The molecule has 0 aliphatic carbocycles. The highest BCUT2D eigenvalue weighted by molar-refractivity contribution is 5.80. The summed E-state index contributed by atoms with van der Waals surface area (Å²) < 4.78 is 0. The van der Waals surface area contributed by atoms with E-state index >= 15 is 0 Å². The summed E-state index contributed by atoms with van der Waals surface area (Å²) >= 11 is 0. The summed E-state index contributed by atoms with van der Waals surface area (Å²) in [4.78, 5) is 25.4. The fraction of sp³-hybridized carbons (Fsp3) is 0.444. The first-order chi connectivity index (χ1) is 10.5. The minimum absolute atomic E-state index is 0.118. The van der Waals surface area contributed by atoms with E-state index in [-0.39, 0.29) is 5.69 Å². The molecule has 0 saturated carbocycles. The molecule has 0 bridgehead atoms. The van der Waals surface area contributed by atoms with Crippen molar-refractivity contribution in [3.63, 3.8) is 0 Å². The molecule has 0 spiro atoms. The van der Waals surface area contributed by atoms with Crippen molar-refractivity contribution in [3.8, 4) is 0 Å². The summed E-state index contributed by atoms with van der Waals surface area (Å²) in [5, 5.41) is 0. The largest absolute Gasteiger partial charge is 0.394 e. The number of nitrogen functional groups attached to an aromatic ring is 1. The molecule has 4 nitrogen and oxygen atoms in total. The normalized spacial score (nSPS) is 15.1. The van der Waals surface area contributed by atoms with E-state index in [2.05, 4.69) is 32.0 Å². The van der Waals surface area contributed by atoms with E-state index in [9.17, 15) is 9.59 Å². The number of hydrogen-bond acceptors (Lipinski definition) is 4. The van der Waals surface area contributed by atoms with E-state index in [1.165, 1.54) is 11.1 Å². The smallest absolute Gasteiger partial charge is 0.253 e. The number of nitrogens with two attached hydrogens (primary N) is 1. The summed E-state index contributed by atoms with van der Waals surface area (Å²) in [6.07, 6.45) is 4.08. The van der Waals surface area contributed by atoms with Gasteiger partial charge in [0.25, 0.3) is 10.9 Å². The molecule has 0 atom stereocenters. The van der Waals surface area contributed by atoms with E-state index in [1.54, 1.807) is 0 Å². The zero-order chi connectivity index (χ0) is 15.9. The van der Waals surface area contributed by atoms with Gasteiger partial charge >= 0.3 is 0 Å². The van der Waals surface area contributed by atoms with Crippen molar-refractivity contribution in [2.75, 3.05) is 17.2 Å². The quantitative estimate of drug-likeness (QED) is 0.885. The number of fused-ring (bicyclic) bond motifs is 1. The van der Waals surface area contributed by atoms with Gasteiger partial charge in [-0.3, -0.25) is 9.59 Å². The number of nitrogens with zero attached hydrogens (tertiary/aromatic N) is 1. The fourth-order valence-electron chi connectivity index (χ4n) is 3.27. The van der Waals surface area contributed by atoms with Crippen molar-refractivity contribution in [2.45, 2.75) is 39.5 Å².